The van der Waals surface area contributed by atoms with Crippen LogP contribution >= 0.6 is 11.3 Å². The third-order valence-corrected chi connectivity index (χ3v) is 8.24. The molecule has 0 radical (unpaired) electrons. The zero-order valence-corrected chi connectivity index (χ0v) is 19.4. The molecule has 0 N–H and O–H groups in total. The molecule has 0 aliphatic heterocycles. The average molecular weight is 447 g/mol. The third kappa shape index (κ3) is 4.40. The van der Waals surface area contributed by atoms with Crippen molar-refractivity contribution in [1.29, 1.82) is 0 Å². The Hall–Kier alpha value is -2.29. The van der Waals surface area contributed by atoms with Gasteiger partial charge < -0.3 is 9.30 Å². The predicted octanol–water partition coefficient (Wildman–Crippen LogP) is 3.89. The molecule has 2 aromatic carbocycles. The molecule has 3 aromatic rings. The summed E-state index contributed by atoms with van der Waals surface area (Å²) in [4.78, 5) is 17.9. The molecule has 3 rings (SSSR count). The van der Waals surface area contributed by atoms with Crippen LogP contribution in [0.5, 0.6) is 0 Å². The van der Waals surface area contributed by atoms with Crippen molar-refractivity contribution >= 4 is 37.3 Å². The number of carbonyl (C=O) groups is 1. The highest BCUT2D eigenvalue weighted by Crippen LogP contribution is 2.22. The van der Waals surface area contributed by atoms with Gasteiger partial charge in [0.05, 0.1) is 27.0 Å². The largest absolute Gasteiger partial charge is 0.383 e. The summed E-state index contributed by atoms with van der Waals surface area (Å²) in [5, 5.41) is -0.565. The number of sulfone groups is 1. The predicted molar refractivity (Wildman–Crippen MR) is 120 cm³/mol. The molecule has 0 bridgehead atoms. The van der Waals surface area contributed by atoms with Crippen molar-refractivity contribution in [2.45, 2.75) is 44.4 Å². The number of amides is 1. The highest BCUT2D eigenvalue weighted by atomic mass is 32.2. The van der Waals surface area contributed by atoms with E-state index in [1.165, 1.54) is 29.0 Å². The van der Waals surface area contributed by atoms with E-state index in [0.29, 0.717) is 18.0 Å². The lowest BCUT2D eigenvalue weighted by molar-refractivity contribution is 0.0997. The van der Waals surface area contributed by atoms with Gasteiger partial charge in [0.1, 0.15) is 0 Å². The van der Waals surface area contributed by atoms with Crippen LogP contribution in [-0.2, 0) is 21.1 Å². The summed E-state index contributed by atoms with van der Waals surface area (Å²) >= 11 is 1.44. The normalized spacial score (nSPS) is 12.8. The lowest BCUT2D eigenvalue weighted by Gasteiger charge is -2.08. The van der Waals surface area contributed by atoms with Crippen LogP contribution < -0.4 is 4.80 Å². The molecule has 8 heteroatoms. The SMILES string of the molecule is COCCn1c(=NC(=O)c2cccc(S(=O)(=O)C(C)C)c2)sc2cc(C)c(C)cc21. The number of thiazole rings is 1. The second-order valence-electron chi connectivity index (χ2n) is 7.47. The van der Waals surface area contributed by atoms with E-state index in [1.54, 1.807) is 33.1 Å². The van der Waals surface area contributed by atoms with Crippen LogP contribution in [0.4, 0.5) is 0 Å². The van der Waals surface area contributed by atoms with Gasteiger partial charge >= 0.3 is 0 Å². The fourth-order valence-electron chi connectivity index (χ4n) is 3.04. The van der Waals surface area contributed by atoms with E-state index >= 15 is 0 Å². The average Bonchev–Trinajstić information content (AvgIpc) is 3.02. The van der Waals surface area contributed by atoms with Crippen molar-refractivity contribution in [2.24, 2.45) is 4.99 Å². The van der Waals surface area contributed by atoms with Crippen LogP contribution in [0.1, 0.15) is 35.3 Å². The molecule has 1 heterocycles. The molecule has 0 saturated heterocycles. The molecule has 160 valence electrons. The molecule has 0 atom stereocenters. The van der Waals surface area contributed by atoms with Crippen molar-refractivity contribution in [3.8, 4) is 0 Å². The van der Waals surface area contributed by atoms with Gasteiger partial charge in [-0.3, -0.25) is 4.79 Å². The first kappa shape index (κ1) is 22.4. The summed E-state index contributed by atoms with van der Waals surface area (Å²) in [6.45, 7) is 8.39. The van der Waals surface area contributed by atoms with Gasteiger partial charge in [-0.2, -0.15) is 4.99 Å². The number of rotatable bonds is 6. The molecule has 0 fully saturated rings. The molecule has 1 aromatic heterocycles. The minimum Gasteiger partial charge on any atom is -0.383 e. The lowest BCUT2D eigenvalue weighted by atomic mass is 10.1. The molecule has 0 unspecified atom stereocenters. The maximum atomic E-state index is 12.9. The van der Waals surface area contributed by atoms with Crippen molar-refractivity contribution in [3.05, 3.63) is 57.9 Å². The van der Waals surface area contributed by atoms with Crippen molar-refractivity contribution in [3.63, 3.8) is 0 Å². The topological polar surface area (TPSA) is 77.7 Å². The Morgan fingerprint density at radius 2 is 1.87 bits per heavy atom. The Balaban J connectivity index is 2.11. The number of aryl methyl sites for hydroxylation is 2. The number of fused-ring (bicyclic) bond motifs is 1. The monoisotopic (exact) mass is 446 g/mol. The molecule has 0 saturated carbocycles. The Bertz CT molecular complexity index is 1270. The second-order valence-corrected chi connectivity index (χ2v) is 11.0. The molecule has 0 spiro atoms. The smallest absolute Gasteiger partial charge is 0.279 e. The van der Waals surface area contributed by atoms with Gasteiger partial charge in [0, 0.05) is 19.2 Å². The van der Waals surface area contributed by atoms with Gasteiger partial charge in [-0.1, -0.05) is 17.4 Å². The Kier molecular flexibility index (Phi) is 6.59. The summed E-state index contributed by atoms with van der Waals surface area (Å²) < 4.78 is 33.2. The summed E-state index contributed by atoms with van der Waals surface area (Å²) in [7, 11) is -1.84. The minimum absolute atomic E-state index is 0.133. The number of ether oxygens (including phenoxy) is 1. The van der Waals surface area contributed by atoms with Crippen LogP contribution in [0.15, 0.2) is 46.3 Å². The van der Waals surface area contributed by atoms with Gasteiger partial charge in [-0.15, -0.1) is 0 Å². The molecule has 0 aliphatic rings. The fraction of sp³-hybridized carbons (Fsp3) is 0.364. The van der Waals surface area contributed by atoms with E-state index in [-0.39, 0.29) is 10.5 Å². The number of nitrogens with zero attached hydrogens (tertiary/aromatic N) is 2. The van der Waals surface area contributed by atoms with Crippen LogP contribution in [-0.4, -0.2) is 37.9 Å². The van der Waals surface area contributed by atoms with Crippen LogP contribution in [0.2, 0.25) is 0 Å². The zero-order valence-electron chi connectivity index (χ0n) is 17.8. The van der Waals surface area contributed by atoms with Crippen LogP contribution in [0.3, 0.4) is 0 Å². The van der Waals surface area contributed by atoms with Gasteiger partial charge in [0.15, 0.2) is 14.6 Å². The minimum atomic E-state index is -3.47. The third-order valence-electron chi connectivity index (χ3n) is 5.04. The maximum absolute atomic E-state index is 12.9. The van der Waals surface area contributed by atoms with E-state index < -0.39 is 21.0 Å². The van der Waals surface area contributed by atoms with Crippen molar-refractivity contribution in [2.75, 3.05) is 13.7 Å². The number of carbonyl (C=O) groups excluding carboxylic acids is 1. The molecule has 30 heavy (non-hydrogen) atoms. The van der Waals surface area contributed by atoms with Crippen LogP contribution in [0.25, 0.3) is 10.2 Å². The van der Waals surface area contributed by atoms with E-state index in [9.17, 15) is 13.2 Å². The van der Waals surface area contributed by atoms with E-state index in [0.717, 1.165) is 15.8 Å². The van der Waals surface area contributed by atoms with E-state index in [4.69, 9.17) is 4.74 Å². The summed E-state index contributed by atoms with van der Waals surface area (Å²) in [6.07, 6.45) is 0. The number of hydrogen-bond donors (Lipinski definition) is 0. The van der Waals surface area contributed by atoms with Gasteiger partial charge in [-0.25, -0.2) is 8.42 Å². The maximum Gasteiger partial charge on any atom is 0.279 e. The number of aromatic nitrogens is 1. The highest BCUT2D eigenvalue weighted by molar-refractivity contribution is 7.92. The number of hydrogen-bond acceptors (Lipinski definition) is 5. The van der Waals surface area contributed by atoms with Gasteiger partial charge in [0.2, 0.25) is 0 Å². The Labute approximate surface area is 180 Å². The summed E-state index contributed by atoms with van der Waals surface area (Å²) in [6, 6.07) is 10.3. The standard InChI is InChI=1S/C22H26N2O4S2/c1-14(2)30(26,27)18-8-6-7-17(13-18)21(25)23-22-24(9-10-28-5)19-11-15(3)16(4)12-20(19)29-22/h6-8,11-14H,9-10H2,1-5H3. The Morgan fingerprint density at radius 3 is 2.53 bits per heavy atom. The summed E-state index contributed by atoms with van der Waals surface area (Å²) in [5.41, 5.74) is 3.59. The quantitative estimate of drug-likeness (QED) is 0.576. The number of methoxy groups -OCH3 is 1. The molecular formula is C22H26N2O4S2. The number of benzene rings is 2. The first-order chi connectivity index (χ1) is 14.1. The first-order valence-electron chi connectivity index (χ1n) is 9.67. The summed E-state index contributed by atoms with van der Waals surface area (Å²) in [5.74, 6) is -0.470. The Morgan fingerprint density at radius 1 is 1.17 bits per heavy atom. The first-order valence-corrected chi connectivity index (χ1v) is 12.0. The highest BCUT2D eigenvalue weighted by Gasteiger charge is 2.20. The molecule has 6 nitrogen and oxygen atoms in total. The van der Waals surface area contributed by atoms with Crippen molar-refractivity contribution in [1.82, 2.24) is 4.57 Å². The van der Waals surface area contributed by atoms with Crippen LogP contribution in [0, 0.1) is 13.8 Å². The molecule has 0 aliphatic carbocycles. The van der Waals surface area contributed by atoms with Gasteiger partial charge in [-0.05, 0) is 69.2 Å². The second kappa shape index (κ2) is 8.83. The van der Waals surface area contributed by atoms with E-state index in [1.807, 2.05) is 4.57 Å². The van der Waals surface area contributed by atoms with Gasteiger partial charge in [0.25, 0.3) is 5.91 Å². The zero-order chi connectivity index (χ0) is 22.1. The molecular weight excluding hydrogens is 420 g/mol. The molecule has 1 amide bonds. The van der Waals surface area contributed by atoms with Crippen molar-refractivity contribution < 1.29 is 17.9 Å². The fourth-order valence-corrected chi connectivity index (χ4v) is 5.27. The van der Waals surface area contributed by atoms with E-state index in [2.05, 4.69) is 31.0 Å². The lowest BCUT2D eigenvalue weighted by Crippen LogP contribution is -2.19.